The van der Waals surface area contributed by atoms with Crippen LogP contribution < -0.4 is 0 Å². The normalized spacial score (nSPS) is 29.8. The molecule has 1 aliphatic heterocycles. The molecule has 2 nitrogen and oxygen atoms in total. The Balaban J connectivity index is 1.71. The molecule has 1 aliphatic carbocycles. The molecule has 88 valence electrons. The number of likely N-dealkylation sites (tertiary alicyclic amines) is 1. The molecular weight excluding hydrogens is 186 g/mol. The zero-order valence-corrected chi connectivity index (χ0v) is 9.83. The van der Waals surface area contributed by atoms with Gasteiger partial charge in [0.2, 0.25) is 0 Å². The third kappa shape index (κ3) is 3.46. The second-order valence-corrected chi connectivity index (χ2v) is 5.43. The van der Waals surface area contributed by atoms with Crippen LogP contribution in [0.4, 0.5) is 0 Å². The summed E-state index contributed by atoms with van der Waals surface area (Å²) in [6, 6.07) is 0. The van der Waals surface area contributed by atoms with Crippen LogP contribution in [0.1, 0.15) is 44.9 Å². The Labute approximate surface area is 93.7 Å². The van der Waals surface area contributed by atoms with Gasteiger partial charge in [0.15, 0.2) is 0 Å². The summed E-state index contributed by atoms with van der Waals surface area (Å²) in [7, 11) is 0. The fraction of sp³-hybridized carbons (Fsp3) is 1.00. The molecule has 2 fully saturated rings. The zero-order valence-electron chi connectivity index (χ0n) is 9.83. The Hall–Kier alpha value is -0.0800. The fourth-order valence-electron chi connectivity index (χ4n) is 3.29. The number of rotatable bonds is 4. The van der Waals surface area contributed by atoms with Gasteiger partial charge in [-0.15, -0.1) is 0 Å². The number of aliphatic hydroxyl groups is 1. The van der Waals surface area contributed by atoms with Crippen LogP contribution in [-0.4, -0.2) is 36.2 Å². The molecule has 0 amide bonds. The summed E-state index contributed by atoms with van der Waals surface area (Å²) in [5.41, 5.74) is 0. The van der Waals surface area contributed by atoms with Gasteiger partial charge in [-0.1, -0.05) is 12.8 Å². The predicted octanol–water partition coefficient (Wildman–Crippen LogP) is 2.27. The van der Waals surface area contributed by atoms with Gasteiger partial charge in [0, 0.05) is 19.7 Å². The van der Waals surface area contributed by atoms with Gasteiger partial charge in [-0.25, -0.2) is 0 Å². The molecule has 1 atom stereocenters. The minimum Gasteiger partial charge on any atom is -0.396 e. The van der Waals surface area contributed by atoms with Crippen LogP contribution in [0.3, 0.4) is 0 Å². The van der Waals surface area contributed by atoms with Crippen molar-refractivity contribution in [3.63, 3.8) is 0 Å². The van der Waals surface area contributed by atoms with Gasteiger partial charge >= 0.3 is 0 Å². The average molecular weight is 211 g/mol. The number of nitrogens with zero attached hydrogens (tertiary/aromatic N) is 1. The monoisotopic (exact) mass is 211 g/mol. The lowest BCUT2D eigenvalue weighted by Crippen LogP contribution is -2.38. The van der Waals surface area contributed by atoms with E-state index in [-0.39, 0.29) is 0 Å². The van der Waals surface area contributed by atoms with E-state index >= 15 is 0 Å². The maximum Gasteiger partial charge on any atom is 0.0434 e. The smallest absolute Gasteiger partial charge is 0.0434 e. The molecule has 0 aromatic heterocycles. The topological polar surface area (TPSA) is 23.5 Å². The van der Waals surface area contributed by atoms with E-state index in [1.54, 1.807) is 0 Å². The maximum absolute atomic E-state index is 8.97. The molecule has 1 saturated heterocycles. The molecule has 1 N–H and O–H groups in total. The van der Waals surface area contributed by atoms with Crippen molar-refractivity contribution in [1.29, 1.82) is 0 Å². The predicted molar refractivity (Wildman–Crippen MR) is 62.8 cm³/mol. The first kappa shape index (κ1) is 11.4. The summed E-state index contributed by atoms with van der Waals surface area (Å²) < 4.78 is 0. The highest BCUT2D eigenvalue weighted by molar-refractivity contribution is 4.77. The van der Waals surface area contributed by atoms with Gasteiger partial charge in [0.05, 0.1) is 0 Å². The van der Waals surface area contributed by atoms with Crippen molar-refractivity contribution in [2.45, 2.75) is 44.9 Å². The summed E-state index contributed by atoms with van der Waals surface area (Å²) in [4.78, 5) is 2.65. The van der Waals surface area contributed by atoms with E-state index in [9.17, 15) is 0 Å². The lowest BCUT2D eigenvalue weighted by molar-refractivity contribution is 0.132. The highest BCUT2D eigenvalue weighted by Gasteiger charge is 2.23. The van der Waals surface area contributed by atoms with Crippen LogP contribution in [0.5, 0.6) is 0 Å². The molecule has 2 heteroatoms. The Morgan fingerprint density at radius 2 is 1.73 bits per heavy atom. The number of hydrogen-bond donors (Lipinski definition) is 1. The third-order valence-electron chi connectivity index (χ3n) is 4.13. The summed E-state index contributed by atoms with van der Waals surface area (Å²) in [5.74, 6) is 1.75. The van der Waals surface area contributed by atoms with Gasteiger partial charge in [-0.2, -0.15) is 0 Å². The van der Waals surface area contributed by atoms with Crippen molar-refractivity contribution >= 4 is 0 Å². The van der Waals surface area contributed by atoms with E-state index in [0.717, 1.165) is 18.3 Å². The van der Waals surface area contributed by atoms with E-state index in [2.05, 4.69) is 4.90 Å². The molecule has 0 spiro atoms. The molecule has 0 bridgehead atoms. The first-order valence-corrected chi connectivity index (χ1v) is 6.71. The molecule has 2 aliphatic rings. The molecule has 0 aromatic carbocycles. The highest BCUT2D eigenvalue weighted by Crippen LogP contribution is 2.27. The first-order chi connectivity index (χ1) is 7.38. The summed E-state index contributed by atoms with van der Waals surface area (Å²) in [6.07, 6.45) is 9.53. The Morgan fingerprint density at radius 3 is 2.47 bits per heavy atom. The van der Waals surface area contributed by atoms with Gasteiger partial charge in [-0.3, -0.25) is 0 Å². The molecule has 0 aromatic rings. The van der Waals surface area contributed by atoms with Crippen LogP contribution in [0.25, 0.3) is 0 Å². The summed E-state index contributed by atoms with van der Waals surface area (Å²) >= 11 is 0. The second-order valence-electron chi connectivity index (χ2n) is 5.43. The molecule has 1 unspecified atom stereocenters. The SMILES string of the molecule is OCCC1CCCN(CC2CCCC2)C1. The van der Waals surface area contributed by atoms with E-state index in [1.807, 2.05) is 0 Å². The highest BCUT2D eigenvalue weighted by atomic mass is 16.3. The van der Waals surface area contributed by atoms with Crippen LogP contribution >= 0.6 is 0 Å². The average Bonchev–Trinajstić information content (AvgIpc) is 2.71. The number of hydrogen-bond acceptors (Lipinski definition) is 2. The number of piperidine rings is 1. The largest absolute Gasteiger partial charge is 0.396 e. The van der Waals surface area contributed by atoms with Crippen molar-refractivity contribution in [2.24, 2.45) is 11.8 Å². The molecule has 2 rings (SSSR count). The van der Waals surface area contributed by atoms with Crippen molar-refractivity contribution in [1.82, 2.24) is 4.90 Å². The zero-order chi connectivity index (χ0) is 10.5. The van der Waals surface area contributed by atoms with Gasteiger partial charge < -0.3 is 10.0 Å². The first-order valence-electron chi connectivity index (χ1n) is 6.71. The van der Waals surface area contributed by atoms with Crippen molar-refractivity contribution < 1.29 is 5.11 Å². The lowest BCUT2D eigenvalue weighted by atomic mass is 9.94. The van der Waals surface area contributed by atoms with Crippen LogP contribution in [0, 0.1) is 11.8 Å². The molecule has 15 heavy (non-hydrogen) atoms. The standard InChI is InChI=1S/C13H25NO/c15-9-7-13-6-3-8-14(11-13)10-12-4-1-2-5-12/h12-13,15H,1-11H2. The van der Waals surface area contributed by atoms with E-state index in [0.29, 0.717) is 6.61 Å². The number of aliphatic hydroxyl groups excluding tert-OH is 1. The fourth-order valence-corrected chi connectivity index (χ4v) is 3.29. The van der Waals surface area contributed by atoms with Crippen LogP contribution in [0.15, 0.2) is 0 Å². The van der Waals surface area contributed by atoms with Crippen LogP contribution in [0.2, 0.25) is 0 Å². The van der Waals surface area contributed by atoms with Crippen LogP contribution in [-0.2, 0) is 0 Å². The summed E-state index contributed by atoms with van der Waals surface area (Å²) in [6.45, 7) is 4.26. The minimum absolute atomic E-state index is 0.377. The van der Waals surface area contributed by atoms with Crippen molar-refractivity contribution in [2.75, 3.05) is 26.2 Å². The second kappa shape index (κ2) is 5.86. The van der Waals surface area contributed by atoms with Crippen molar-refractivity contribution in [3.05, 3.63) is 0 Å². The quantitative estimate of drug-likeness (QED) is 0.771. The maximum atomic E-state index is 8.97. The Kier molecular flexibility index (Phi) is 4.45. The molecular formula is C13H25NO. The van der Waals surface area contributed by atoms with Gasteiger partial charge in [0.1, 0.15) is 0 Å². The Bertz CT molecular complexity index is 175. The molecule has 0 radical (unpaired) electrons. The minimum atomic E-state index is 0.377. The lowest BCUT2D eigenvalue weighted by Gasteiger charge is -2.34. The third-order valence-corrected chi connectivity index (χ3v) is 4.13. The van der Waals surface area contributed by atoms with Gasteiger partial charge in [-0.05, 0) is 50.5 Å². The summed E-state index contributed by atoms with van der Waals surface area (Å²) in [5, 5.41) is 8.97. The van der Waals surface area contributed by atoms with E-state index in [1.165, 1.54) is 58.2 Å². The molecule has 1 saturated carbocycles. The molecule has 1 heterocycles. The van der Waals surface area contributed by atoms with E-state index in [4.69, 9.17) is 5.11 Å². The van der Waals surface area contributed by atoms with E-state index < -0.39 is 0 Å². The van der Waals surface area contributed by atoms with Crippen molar-refractivity contribution in [3.8, 4) is 0 Å². The Morgan fingerprint density at radius 1 is 1.00 bits per heavy atom. The van der Waals surface area contributed by atoms with Gasteiger partial charge in [0.25, 0.3) is 0 Å².